The Labute approximate surface area is 190 Å². The van der Waals surface area contributed by atoms with E-state index >= 15 is 0 Å². The van der Waals surface area contributed by atoms with Crippen molar-refractivity contribution in [2.45, 2.75) is 19.4 Å². The summed E-state index contributed by atoms with van der Waals surface area (Å²) < 4.78 is 4.81. The molecular weight excluding hydrogens is 426 g/mol. The third-order valence-corrected chi connectivity index (χ3v) is 6.23. The number of benzene rings is 2. The van der Waals surface area contributed by atoms with E-state index in [0.717, 1.165) is 17.1 Å². The molecule has 2 aromatic carbocycles. The predicted molar refractivity (Wildman–Crippen MR) is 121 cm³/mol. The zero-order valence-electron chi connectivity index (χ0n) is 17.6. The van der Waals surface area contributed by atoms with E-state index in [1.807, 2.05) is 23.6 Å². The second kappa shape index (κ2) is 9.74. The molecule has 2 amide bonds. The van der Waals surface area contributed by atoms with Crippen LogP contribution < -0.4 is 10.2 Å². The van der Waals surface area contributed by atoms with Crippen molar-refractivity contribution in [1.82, 2.24) is 10.3 Å². The number of carbonyl (C=O) groups is 3. The topological polar surface area (TPSA) is 88.6 Å². The van der Waals surface area contributed by atoms with Crippen molar-refractivity contribution in [3.8, 4) is 0 Å². The highest BCUT2D eigenvalue weighted by molar-refractivity contribution is 7.09. The second-order valence-corrected chi connectivity index (χ2v) is 8.47. The Kier molecular flexibility index (Phi) is 6.61. The number of para-hydroxylation sites is 1. The van der Waals surface area contributed by atoms with Crippen molar-refractivity contribution >= 4 is 34.8 Å². The van der Waals surface area contributed by atoms with Gasteiger partial charge < -0.3 is 15.0 Å². The summed E-state index contributed by atoms with van der Waals surface area (Å²) in [5.41, 5.74) is 2.75. The molecule has 1 saturated heterocycles. The maximum absolute atomic E-state index is 12.7. The van der Waals surface area contributed by atoms with Gasteiger partial charge in [0, 0.05) is 24.8 Å². The van der Waals surface area contributed by atoms with Crippen LogP contribution >= 0.6 is 11.3 Å². The van der Waals surface area contributed by atoms with Gasteiger partial charge in [-0.05, 0) is 17.7 Å². The largest absolute Gasteiger partial charge is 0.465 e. The van der Waals surface area contributed by atoms with E-state index in [9.17, 15) is 14.4 Å². The number of rotatable bonds is 7. The van der Waals surface area contributed by atoms with E-state index in [2.05, 4.69) is 22.4 Å². The molecule has 1 aliphatic heterocycles. The number of carbonyl (C=O) groups excluding carboxylic acids is 3. The Hall–Kier alpha value is -3.52. The number of nitrogens with zero attached hydrogens (tertiary/aromatic N) is 2. The number of amides is 2. The lowest BCUT2D eigenvalue weighted by Gasteiger charge is -2.19. The minimum Gasteiger partial charge on any atom is -0.465 e. The first-order valence-corrected chi connectivity index (χ1v) is 11.2. The normalized spacial score (nSPS) is 15.6. The summed E-state index contributed by atoms with van der Waals surface area (Å²) in [5, 5.41) is 5.82. The molecule has 3 aromatic rings. The third-order valence-electron chi connectivity index (χ3n) is 5.34. The fourth-order valence-electron chi connectivity index (χ4n) is 3.71. The molecule has 7 nitrogen and oxygen atoms in total. The van der Waals surface area contributed by atoms with Crippen molar-refractivity contribution in [3.05, 3.63) is 81.8 Å². The maximum Gasteiger partial charge on any atom is 0.339 e. The molecule has 1 aliphatic rings. The first-order valence-electron chi connectivity index (χ1n) is 10.3. The molecular formula is C24H23N3O4S. The quantitative estimate of drug-likeness (QED) is 0.560. The van der Waals surface area contributed by atoms with Gasteiger partial charge >= 0.3 is 5.97 Å². The molecule has 0 aliphatic carbocycles. The van der Waals surface area contributed by atoms with Crippen LogP contribution in [0.25, 0.3) is 0 Å². The molecule has 8 heteroatoms. The lowest BCUT2D eigenvalue weighted by atomic mass is 10.1. The molecule has 32 heavy (non-hydrogen) atoms. The van der Waals surface area contributed by atoms with Gasteiger partial charge in [0.2, 0.25) is 11.8 Å². The monoisotopic (exact) mass is 449 g/mol. The summed E-state index contributed by atoms with van der Waals surface area (Å²) in [5.74, 6) is -1.40. The van der Waals surface area contributed by atoms with Crippen molar-refractivity contribution in [2.24, 2.45) is 5.92 Å². The van der Waals surface area contributed by atoms with Gasteiger partial charge in [0.1, 0.15) is 0 Å². The smallest absolute Gasteiger partial charge is 0.339 e. The summed E-state index contributed by atoms with van der Waals surface area (Å²) in [4.78, 5) is 43.4. The van der Waals surface area contributed by atoms with Crippen LogP contribution in [0, 0.1) is 5.92 Å². The average molecular weight is 450 g/mol. The lowest BCUT2D eigenvalue weighted by molar-refractivity contribution is -0.126. The Balaban J connectivity index is 1.35. The molecule has 1 unspecified atom stereocenters. The molecule has 4 rings (SSSR count). The zero-order chi connectivity index (χ0) is 22.5. The summed E-state index contributed by atoms with van der Waals surface area (Å²) in [7, 11) is 1.30. The highest BCUT2D eigenvalue weighted by Crippen LogP contribution is 2.29. The number of thiazole rings is 1. The van der Waals surface area contributed by atoms with E-state index in [1.165, 1.54) is 17.6 Å². The van der Waals surface area contributed by atoms with Crippen molar-refractivity contribution in [1.29, 1.82) is 0 Å². The van der Waals surface area contributed by atoms with E-state index < -0.39 is 11.9 Å². The van der Waals surface area contributed by atoms with Gasteiger partial charge in [-0.15, -0.1) is 11.3 Å². The third kappa shape index (κ3) is 4.86. The standard InChI is InChI=1S/C24H23N3O4S/c1-31-24(30)19-9-5-6-10-20(19)27-14-17(12-22(27)28)23(29)25-13-18-15-32-21(26-18)11-16-7-3-2-4-8-16/h2-10,15,17H,11-14H2,1H3,(H,25,29). The van der Waals surface area contributed by atoms with Crippen LogP contribution in [-0.2, 0) is 27.3 Å². The SMILES string of the molecule is COC(=O)c1ccccc1N1CC(C(=O)NCc2csc(Cc3ccccc3)n2)CC1=O. The average Bonchev–Trinajstić information content (AvgIpc) is 3.44. The molecule has 0 radical (unpaired) electrons. The lowest BCUT2D eigenvalue weighted by Crippen LogP contribution is -2.33. The molecule has 0 spiro atoms. The number of anilines is 1. The Morgan fingerprint density at radius 2 is 1.91 bits per heavy atom. The molecule has 2 heterocycles. The number of ether oxygens (including phenoxy) is 1. The maximum atomic E-state index is 12.7. The van der Waals surface area contributed by atoms with Gasteiger partial charge in [-0.1, -0.05) is 42.5 Å². The Bertz CT molecular complexity index is 1130. The van der Waals surface area contributed by atoms with Gasteiger partial charge in [-0.25, -0.2) is 9.78 Å². The van der Waals surface area contributed by atoms with Crippen LogP contribution in [0.5, 0.6) is 0 Å². The molecule has 1 aromatic heterocycles. The van der Waals surface area contributed by atoms with Crippen molar-refractivity contribution in [3.63, 3.8) is 0 Å². The Morgan fingerprint density at radius 3 is 2.69 bits per heavy atom. The number of esters is 1. The summed E-state index contributed by atoms with van der Waals surface area (Å²) in [6.45, 7) is 0.530. The minimum absolute atomic E-state index is 0.0949. The second-order valence-electron chi connectivity index (χ2n) is 7.53. The summed E-state index contributed by atoms with van der Waals surface area (Å²) in [6.07, 6.45) is 0.850. The van der Waals surface area contributed by atoms with Crippen LogP contribution in [-0.4, -0.2) is 36.4 Å². The minimum atomic E-state index is -0.517. The molecule has 0 bridgehead atoms. The Morgan fingerprint density at radius 1 is 1.16 bits per heavy atom. The van der Waals surface area contributed by atoms with Crippen LogP contribution in [0.2, 0.25) is 0 Å². The highest BCUT2D eigenvalue weighted by Gasteiger charge is 2.36. The molecule has 1 fully saturated rings. The molecule has 1 atom stereocenters. The number of hydrogen-bond acceptors (Lipinski definition) is 6. The van der Waals surface area contributed by atoms with E-state index in [-0.39, 0.29) is 24.8 Å². The zero-order valence-corrected chi connectivity index (χ0v) is 18.4. The number of methoxy groups -OCH3 is 1. The van der Waals surface area contributed by atoms with Crippen LogP contribution in [0.3, 0.4) is 0 Å². The fourth-order valence-corrected chi connectivity index (χ4v) is 4.54. The fraction of sp³-hybridized carbons (Fsp3) is 0.250. The number of nitrogens with one attached hydrogen (secondary N) is 1. The van der Waals surface area contributed by atoms with Crippen LogP contribution in [0.4, 0.5) is 5.69 Å². The summed E-state index contributed by atoms with van der Waals surface area (Å²) in [6, 6.07) is 16.9. The van der Waals surface area contributed by atoms with Crippen molar-refractivity contribution in [2.75, 3.05) is 18.6 Å². The first kappa shape index (κ1) is 21.7. The highest BCUT2D eigenvalue weighted by atomic mass is 32.1. The van der Waals surface area contributed by atoms with E-state index in [0.29, 0.717) is 17.8 Å². The molecule has 164 valence electrons. The van der Waals surface area contributed by atoms with E-state index in [1.54, 1.807) is 35.6 Å². The number of hydrogen-bond donors (Lipinski definition) is 1. The number of aromatic nitrogens is 1. The van der Waals surface area contributed by atoms with Crippen LogP contribution in [0.1, 0.15) is 33.0 Å². The van der Waals surface area contributed by atoms with Gasteiger partial charge in [-0.3, -0.25) is 9.59 Å². The van der Waals surface area contributed by atoms with Crippen LogP contribution in [0.15, 0.2) is 60.0 Å². The van der Waals surface area contributed by atoms with Gasteiger partial charge in [0.15, 0.2) is 0 Å². The summed E-state index contributed by atoms with van der Waals surface area (Å²) >= 11 is 1.56. The first-order chi connectivity index (χ1) is 15.5. The van der Waals surface area contributed by atoms with E-state index in [4.69, 9.17) is 4.74 Å². The molecule has 0 saturated carbocycles. The van der Waals surface area contributed by atoms with Gasteiger partial charge in [0.25, 0.3) is 0 Å². The van der Waals surface area contributed by atoms with Gasteiger partial charge in [-0.2, -0.15) is 0 Å². The van der Waals surface area contributed by atoms with Crippen molar-refractivity contribution < 1.29 is 19.1 Å². The van der Waals surface area contributed by atoms with Gasteiger partial charge in [0.05, 0.1) is 41.5 Å². The molecule has 1 N–H and O–H groups in total. The predicted octanol–water partition coefficient (Wildman–Crippen LogP) is 3.19.